The summed E-state index contributed by atoms with van der Waals surface area (Å²) in [4.78, 5) is 11.5. The second-order valence-corrected chi connectivity index (χ2v) is 5.92. The van der Waals surface area contributed by atoms with Crippen molar-refractivity contribution in [3.05, 3.63) is 40.5 Å². The van der Waals surface area contributed by atoms with E-state index in [1.165, 1.54) is 0 Å². The third-order valence-corrected chi connectivity index (χ3v) is 2.77. The first-order chi connectivity index (χ1) is 9.73. The van der Waals surface area contributed by atoms with E-state index in [9.17, 15) is 4.79 Å². The minimum atomic E-state index is -0.492. The third kappa shape index (κ3) is 5.70. The molecule has 1 amide bonds. The molecule has 0 aliphatic carbocycles. The number of ether oxygens (including phenoxy) is 1. The van der Waals surface area contributed by atoms with Gasteiger partial charge in [0, 0.05) is 6.54 Å². The second-order valence-electron chi connectivity index (χ2n) is 5.92. The normalized spacial score (nSPS) is 11.2. The van der Waals surface area contributed by atoms with Gasteiger partial charge in [-0.1, -0.05) is 12.2 Å². The van der Waals surface area contributed by atoms with Crippen molar-refractivity contribution < 1.29 is 9.53 Å². The average Bonchev–Trinajstić information content (AvgIpc) is 2.34. The van der Waals surface area contributed by atoms with E-state index in [4.69, 9.17) is 10.00 Å². The van der Waals surface area contributed by atoms with E-state index in [-0.39, 0.29) is 0 Å². The second kappa shape index (κ2) is 6.94. The van der Waals surface area contributed by atoms with Gasteiger partial charge in [0.15, 0.2) is 0 Å². The Hall–Kier alpha value is -2.28. The van der Waals surface area contributed by atoms with Gasteiger partial charge in [0.1, 0.15) is 5.60 Å². The number of aryl methyl sites for hydroxylation is 2. The zero-order valence-electron chi connectivity index (χ0n) is 13.3. The summed E-state index contributed by atoms with van der Waals surface area (Å²) < 4.78 is 5.15. The Balaban J connectivity index is 2.63. The van der Waals surface area contributed by atoms with Crippen LogP contribution in [0.1, 0.15) is 43.0 Å². The summed E-state index contributed by atoms with van der Waals surface area (Å²) in [6.07, 6.45) is 3.38. The van der Waals surface area contributed by atoms with Gasteiger partial charge in [0.2, 0.25) is 0 Å². The summed E-state index contributed by atoms with van der Waals surface area (Å²) in [5.74, 6) is 0. The van der Waals surface area contributed by atoms with Gasteiger partial charge in [-0.15, -0.1) is 0 Å². The molecule has 0 heterocycles. The molecule has 0 saturated heterocycles. The van der Waals surface area contributed by atoms with E-state index >= 15 is 0 Å². The summed E-state index contributed by atoms with van der Waals surface area (Å²) >= 11 is 0. The summed E-state index contributed by atoms with van der Waals surface area (Å²) in [7, 11) is 0. The molecule has 0 aliphatic rings. The molecule has 1 rings (SSSR count). The van der Waals surface area contributed by atoms with E-state index in [1.807, 2.05) is 58.9 Å². The first-order valence-corrected chi connectivity index (χ1v) is 6.87. The molecular weight excluding hydrogens is 264 g/mol. The number of carbonyl (C=O) groups is 1. The van der Waals surface area contributed by atoms with Gasteiger partial charge >= 0.3 is 6.09 Å². The van der Waals surface area contributed by atoms with Crippen LogP contribution in [-0.4, -0.2) is 18.2 Å². The predicted molar refractivity (Wildman–Crippen MR) is 83.9 cm³/mol. The predicted octanol–water partition coefficient (Wildman–Crippen LogP) is 3.71. The molecule has 1 N–H and O–H groups in total. The quantitative estimate of drug-likeness (QED) is 0.921. The summed E-state index contributed by atoms with van der Waals surface area (Å²) in [5, 5.41) is 11.6. The lowest BCUT2D eigenvalue weighted by Gasteiger charge is -2.19. The lowest BCUT2D eigenvalue weighted by Crippen LogP contribution is -2.32. The topological polar surface area (TPSA) is 62.1 Å². The zero-order valence-corrected chi connectivity index (χ0v) is 13.3. The minimum Gasteiger partial charge on any atom is -0.444 e. The van der Waals surface area contributed by atoms with E-state index in [1.54, 1.807) is 0 Å². The maximum absolute atomic E-state index is 11.5. The Labute approximate surface area is 126 Å². The Bertz CT molecular complexity index is 567. The number of hydrogen-bond donors (Lipinski definition) is 1. The van der Waals surface area contributed by atoms with E-state index in [2.05, 4.69) is 11.4 Å². The van der Waals surface area contributed by atoms with E-state index < -0.39 is 11.7 Å². The molecule has 0 aliphatic heterocycles. The molecule has 0 saturated carbocycles. The average molecular weight is 286 g/mol. The molecule has 0 spiro atoms. The Kier molecular flexibility index (Phi) is 5.54. The third-order valence-electron chi connectivity index (χ3n) is 2.77. The number of nitriles is 1. The van der Waals surface area contributed by atoms with Crippen LogP contribution in [0, 0.1) is 25.2 Å². The summed E-state index contributed by atoms with van der Waals surface area (Å²) in [5.41, 5.74) is 3.32. The Morgan fingerprint density at radius 3 is 2.38 bits per heavy atom. The molecule has 0 aromatic heterocycles. The maximum atomic E-state index is 11.5. The number of nitrogens with zero attached hydrogens (tertiary/aromatic N) is 1. The lowest BCUT2D eigenvalue weighted by molar-refractivity contribution is 0.0534. The van der Waals surface area contributed by atoms with Crippen molar-refractivity contribution in [1.29, 1.82) is 5.26 Å². The standard InChI is InChI=1S/C17H22N2O2/c1-12-9-14(11-18)10-13(2)15(12)7-6-8-19-16(20)21-17(3,4)5/h6-7,9-10H,8H2,1-5H3,(H,19,20). The molecular formula is C17H22N2O2. The monoisotopic (exact) mass is 286 g/mol. The van der Waals surface area contributed by atoms with Crippen LogP contribution in [0.5, 0.6) is 0 Å². The fourth-order valence-electron chi connectivity index (χ4n) is 1.94. The first kappa shape index (κ1) is 16.8. The first-order valence-electron chi connectivity index (χ1n) is 6.87. The number of nitrogens with one attached hydrogen (secondary N) is 1. The van der Waals surface area contributed by atoms with Gasteiger partial charge in [-0.2, -0.15) is 5.26 Å². The minimum absolute atomic E-state index is 0.397. The van der Waals surface area contributed by atoms with Crippen LogP contribution in [-0.2, 0) is 4.74 Å². The fraction of sp³-hybridized carbons (Fsp3) is 0.412. The van der Waals surface area contributed by atoms with Crippen LogP contribution in [0.3, 0.4) is 0 Å². The number of benzene rings is 1. The molecule has 0 atom stereocenters. The molecule has 1 aromatic rings. The lowest BCUT2D eigenvalue weighted by atomic mass is 9.99. The SMILES string of the molecule is Cc1cc(C#N)cc(C)c1C=CCNC(=O)OC(C)(C)C. The van der Waals surface area contributed by atoms with Gasteiger partial charge in [-0.05, 0) is 63.4 Å². The number of carbonyl (C=O) groups excluding carboxylic acids is 1. The molecule has 4 heteroatoms. The number of hydrogen-bond acceptors (Lipinski definition) is 3. The zero-order chi connectivity index (χ0) is 16.0. The molecule has 0 radical (unpaired) electrons. The van der Waals surface area contributed by atoms with Crippen molar-refractivity contribution in [3.63, 3.8) is 0 Å². The summed E-state index contributed by atoms with van der Waals surface area (Å²) in [6.45, 7) is 9.81. The Morgan fingerprint density at radius 1 is 1.33 bits per heavy atom. The van der Waals surface area contributed by atoms with Crippen molar-refractivity contribution in [1.82, 2.24) is 5.32 Å². The fourth-order valence-corrected chi connectivity index (χ4v) is 1.94. The molecule has 1 aromatic carbocycles. The van der Waals surface area contributed by atoms with Crippen LogP contribution in [0.2, 0.25) is 0 Å². The summed E-state index contributed by atoms with van der Waals surface area (Å²) in [6, 6.07) is 5.85. The van der Waals surface area contributed by atoms with Crippen molar-refractivity contribution in [3.8, 4) is 6.07 Å². The number of rotatable bonds is 3. The van der Waals surface area contributed by atoms with Crippen molar-refractivity contribution in [2.45, 2.75) is 40.2 Å². The highest BCUT2D eigenvalue weighted by atomic mass is 16.6. The highest BCUT2D eigenvalue weighted by Gasteiger charge is 2.14. The van der Waals surface area contributed by atoms with E-state index in [0.29, 0.717) is 12.1 Å². The highest BCUT2D eigenvalue weighted by molar-refractivity contribution is 5.68. The molecule has 112 valence electrons. The van der Waals surface area contributed by atoms with Gasteiger partial charge in [-0.3, -0.25) is 0 Å². The molecule has 0 unspecified atom stereocenters. The maximum Gasteiger partial charge on any atom is 0.407 e. The highest BCUT2D eigenvalue weighted by Crippen LogP contribution is 2.17. The molecule has 0 bridgehead atoms. The largest absolute Gasteiger partial charge is 0.444 e. The van der Waals surface area contributed by atoms with Crippen LogP contribution < -0.4 is 5.32 Å². The van der Waals surface area contributed by atoms with Crippen molar-refractivity contribution in [2.24, 2.45) is 0 Å². The van der Waals surface area contributed by atoms with Crippen LogP contribution in [0.25, 0.3) is 6.08 Å². The van der Waals surface area contributed by atoms with Crippen LogP contribution in [0.15, 0.2) is 18.2 Å². The van der Waals surface area contributed by atoms with Crippen molar-refractivity contribution in [2.75, 3.05) is 6.54 Å². The van der Waals surface area contributed by atoms with E-state index in [0.717, 1.165) is 16.7 Å². The van der Waals surface area contributed by atoms with Crippen LogP contribution >= 0.6 is 0 Å². The smallest absolute Gasteiger partial charge is 0.407 e. The van der Waals surface area contributed by atoms with Gasteiger partial charge in [0.05, 0.1) is 11.6 Å². The number of alkyl carbamates (subject to hydrolysis) is 1. The number of amides is 1. The molecule has 0 fully saturated rings. The van der Waals surface area contributed by atoms with Crippen LogP contribution in [0.4, 0.5) is 4.79 Å². The van der Waals surface area contributed by atoms with Gasteiger partial charge in [0.25, 0.3) is 0 Å². The molecule has 4 nitrogen and oxygen atoms in total. The van der Waals surface area contributed by atoms with Crippen molar-refractivity contribution >= 4 is 12.2 Å². The molecule has 21 heavy (non-hydrogen) atoms. The Morgan fingerprint density at radius 2 is 1.90 bits per heavy atom. The van der Waals surface area contributed by atoms with Gasteiger partial charge in [-0.25, -0.2) is 4.79 Å². The van der Waals surface area contributed by atoms with Gasteiger partial charge < -0.3 is 10.1 Å².